The van der Waals surface area contributed by atoms with Crippen molar-refractivity contribution in [3.63, 3.8) is 0 Å². The average Bonchev–Trinajstić information content (AvgIpc) is 2.41. The van der Waals surface area contributed by atoms with E-state index in [4.69, 9.17) is 5.11 Å². The lowest BCUT2D eigenvalue weighted by atomic mass is 10.1. The number of aryl methyl sites for hydroxylation is 1. The first-order valence-electron chi connectivity index (χ1n) is 5.24. The first kappa shape index (κ1) is 11.8. The molecule has 0 radical (unpaired) electrons. The van der Waals surface area contributed by atoms with Gasteiger partial charge in [0.1, 0.15) is 5.56 Å². The van der Waals surface area contributed by atoms with Crippen LogP contribution in [0.3, 0.4) is 0 Å². The van der Waals surface area contributed by atoms with Crippen molar-refractivity contribution in [3.05, 3.63) is 17.0 Å². The van der Waals surface area contributed by atoms with Gasteiger partial charge in [-0.05, 0) is 19.8 Å². The van der Waals surface area contributed by atoms with E-state index in [1.54, 1.807) is 11.6 Å². The fraction of sp³-hybridized carbons (Fsp3) is 0.636. The normalized spacial score (nSPS) is 12.8. The van der Waals surface area contributed by atoms with Crippen LogP contribution in [0.5, 0.6) is 0 Å². The Labute approximate surface area is 89.9 Å². The van der Waals surface area contributed by atoms with Crippen molar-refractivity contribution in [1.29, 1.82) is 0 Å². The fourth-order valence-corrected chi connectivity index (χ4v) is 1.61. The van der Waals surface area contributed by atoms with Gasteiger partial charge in [0, 0.05) is 6.54 Å². The minimum atomic E-state index is -0.889. The zero-order valence-corrected chi connectivity index (χ0v) is 9.74. The topological polar surface area (TPSA) is 55.1 Å². The van der Waals surface area contributed by atoms with Gasteiger partial charge in [-0.25, -0.2) is 4.79 Å². The van der Waals surface area contributed by atoms with Gasteiger partial charge in [0.25, 0.3) is 0 Å². The van der Waals surface area contributed by atoms with Crippen LogP contribution in [0, 0.1) is 19.8 Å². The molecule has 0 aliphatic heterocycles. The molecule has 1 N–H and O–H groups in total. The molecule has 84 valence electrons. The summed E-state index contributed by atoms with van der Waals surface area (Å²) in [6, 6.07) is 0. The number of carboxylic acids is 1. The van der Waals surface area contributed by atoms with E-state index in [9.17, 15) is 4.79 Å². The number of hydrogen-bond donors (Lipinski definition) is 1. The number of carboxylic acid groups (broad SMARTS) is 1. The van der Waals surface area contributed by atoms with Crippen LogP contribution in [-0.4, -0.2) is 20.9 Å². The van der Waals surface area contributed by atoms with Crippen molar-refractivity contribution >= 4 is 5.97 Å². The molecule has 1 rings (SSSR count). The van der Waals surface area contributed by atoms with Gasteiger partial charge in [-0.15, -0.1) is 0 Å². The molecule has 1 heterocycles. The zero-order valence-electron chi connectivity index (χ0n) is 9.74. The zero-order chi connectivity index (χ0) is 11.6. The Balaban J connectivity index is 3.01. The van der Waals surface area contributed by atoms with E-state index in [0.717, 1.165) is 18.7 Å². The predicted octanol–water partition coefficient (Wildman–Crippen LogP) is 2.24. The summed E-state index contributed by atoms with van der Waals surface area (Å²) in [6.45, 7) is 8.59. The number of rotatable bonds is 4. The summed E-state index contributed by atoms with van der Waals surface area (Å²) in [4.78, 5) is 11.0. The summed E-state index contributed by atoms with van der Waals surface area (Å²) in [5, 5.41) is 13.3. The van der Waals surface area contributed by atoms with Crippen molar-refractivity contribution in [3.8, 4) is 0 Å². The number of aromatic nitrogens is 2. The Hall–Kier alpha value is -1.32. The molecule has 4 heteroatoms. The van der Waals surface area contributed by atoms with E-state index in [-0.39, 0.29) is 0 Å². The summed E-state index contributed by atoms with van der Waals surface area (Å²) in [7, 11) is 0. The van der Waals surface area contributed by atoms with Crippen molar-refractivity contribution < 1.29 is 9.90 Å². The first-order chi connectivity index (χ1) is 6.97. The van der Waals surface area contributed by atoms with E-state index >= 15 is 0 Å². The van der Waals surface area contributed by atoms with Crippen LogP contribution < -0.4 is 0 Å². The van der Waals surface area contributed by atoms with Gasteiger partial charge in [-0.3, -0.25) is 4.68 Å². The first-order valence-corrected chi connectivity index (χ1v) is 5.24. The molecule has 0 fully saturated rings. The summed E-state index contributed by atoms with van der Waals surface area (Å²) in [5.41, 5.74) is 1.70. The largest absolute Gasteiger partial charge is 0.478 e. The van der Waals surface area contributed by atoms with Gasteiger partial charge in [0.05, 0.1) is 11.4 Å². The van der Waals surface area contributed by atoms with Crippen LogP contribution in [-0.2, 0) is 6.54 Å². The number of aromatic carboxylic acids is 1. The quantitative estimate of drug-likeness (QED) is 0.829. The Morgan fingerprint density at radius 3 is 2.53 bits per heavy atom. The molecule has 0 aromatic carbocycles. The predicted molar refractivity (Wildman–Crippen MR) is 58.1 cm³/mol. The molecule has 0 bridgehead atoms. The van der Waals surface area contributed by atoms with E-state index in [1.807, 2.05) is 6.92 Å². The third-order valence-corrected chi connectivity index (χ3v) is 2.78. The molecule has 1 aromatic rings. The molecule has 0 spiro atoms. The third kappa shape index (κ3) is 2.37. The maximum Gasteiger partial charge on any atom is 0.339 e. The number of carbonyl (C=O) groups is 1. The molecule has 1 unspecified atom stereocenters. The van der Waals surface area contributed by atoms with Gasteiger partial charge in [0.15, 0.2) is 0 Å². The number of nitrogens with zero attached hydrogens (tertiary/aromatic N) is 2. The molecule has 1 aromatic heterocycles. The lowest BCUT2D eigenvalue weighted by Gasteiger charge is -2.09. The molecule has 0 aliphatic rings. The second-order valence-electron chi connectivity index (χ2n) is 4.05. The van der Waals surface area contributed by atoms with E-state index in [0.29, 0.717) is 17.2 Å². The average molecular weight is 210 g/mol. The summed E-state index contributed by atoms with van der Waals surface area (Å²) in [6.07, 6.45) is 1.07. The molecular weight excluding hydrogens is 192 g/mol. The second-order valence-corrected chi connectivity index (χ2v) is 4.05. The summed E-state index contributed by atoms with van der Waals surface area (Å²) >= 11 is 0. The standard InChI is InChI=1S/C11H18N2O2/c1-5-7(2)6-13-9(4)10(11(14)15)8(3)12-13/h7H,5-6H2,1-4H3,(H,14,15). The van der Waals surface area contributed by atoms with Crippen LogP contribution in [0.25, 0.3) is 0 Å². The maximum atomic E-state index is 11.0. The van der Waals surface area contributed by atoms with Crippen LogP contribution >= 0.6 is 0 Å². The highest BCUT2D eigenvalue weighted by atomic mass is 16.4. The SMILES string of the molecule is CCC(C)Cn1nc(C)c(C(=O)O)c1C. The molecule has 0 aliphatic carbocycles. The molecular formula is C11H18N2O2. The highest BCUT2D eigenvalue weighted by molar-refractivity contribution is 5.90. The van der Waals surface area contributed by atoms with Gasteiger partial charge >= 0.3 is 5.97 Å². The molecule has 1 atom stereocenters. The van der Waals surface area contributed by atoms with Crippen LogP contribution in [0.2, 0.25) is 0 Å². The summed E-state index contributed by atoms with van der Waals surface area (Å²) < 4.78 is 1.80. The van der Waals surface area contributed by atoms with Gasteiger partial charge in [0.2, 0.25) is 0 Å². The van der Waals surface area contributed by atoms with Gasteiger partial charge in [-0.1, -0.05) is 20.3 Å². The lowest BCUT2D eigenvalue weighted by Crippen LogP contribution is -2.10. The highest BCUT2D eigenvalue weighted by Crippen LogP contribution is 2.15. The van der Waals surface area contributed by atoms with E-state index < -0.39 is 5.97 Å². The van der Waals surface area contributed by atoms with Crippen molar-refractivity contribution in [2.75, 3.05) is 0 Å². The smallest absolute Gasteiger partial charge is 0.339 e. The molecule has 15 heavy (non-hydrogen) atoms. The molecule has 0 saturated heterocycles. The van der Waals surface area contributed by atoms with Crippen molar-refractivity contribution in [2.24, 2.45) is 5.92 Å². The Bertz CT molecular complexity index is 369. The second kappa shape index (κ2) is 4.47. The third-order valence-electron chi connectivity index (χ3n) is 2.78. The summed E-state index contributed by atoms with van der Waals surface area (Å²) in [5.74, 6) is -0.370. The monoisotopic (exact) mass is 210 g/mol. The van der Waals surface area contributed by atoms with Gasteiger partial charge in [-0.2, -0.15) is 5.10 Å². The fourth-order valence-electron chi connectivity index (χ4n) is 1.61. The lowest BCUT2D eigenvalue weighted by molar-refractivity contribution is 0.0695. The van der Waals surface area contributed by atoms with Crippen molar-refractivity contribution in [1.82, 2.24) is 9.78 Å². The van der Waals surface area contributed by atoms with E-state index in [1.165, 1.54) is 0 Å². The Kier molecular flexibility index (Phi) is 3.50. The van der Waals surface area contributed by atoms with Crippen molar-refractivity contribution in [2.45, 2.75) is 40.7 Å². The Morgan fingerprint density at radius 2 is 2.13 bits per heavy atom. The molecule has 4 nitrogen and oxygen atoms in total. The van der Waals surface area contributed by atoms with E-state index in [2.05, 4.69) is 18.9 Å². The van der Waals surface area contributed by atoms with Crippen LogP contribution in [0.15, 0.2) is 0 Å². The minimum absolute atomic E-state index is 0.346. The number of hydrogen-bond acceptors (Lipinski definition) is 2. The Morgan fingerprint density at radius 1 is 1.53 bits per heavy atom. The maximum absolute atomic E-state index is 11.0. The molecule has 0 amide bonds. The van der Waals surface area contributed by atoms with Gasteiger partial charge < -0.3 is 5.11 Å². The van der Waals surface area contributed by atoms with Crippen LogP contribution in [0.4, 0.5) is 0 Å². The molecule has 0 saturated carbocycles. The van der Waals surface area contributed by atoms with Crippen LogP contribution in [0.1, 0.15) is 42.0 Å². The minimum Gasteiger partial charge on any atom is -0.478 e. The highest BCUT2D eigenvalue weighted by Gasteiger charge is 2.18.